The molecule has 1 unspecified atom stereocenters. The number of urea groups is 1. The summed E-state index contributed by atoms with van der Waals surface area (Å²) in [6, 6.07) is 10.5. The zero-order valence-corrected chi connectivity index (χ0v) is 12.9. The van der Waals surface area contributed by atoms with Gasteiger partial charge in [0, 0.05) is 12.4 Å². The van der Waals surface area contributed by atoms with Crippen LogP contribution in [0.15, 0.2) is 48.8 Å². The molecule has 3 rings (SSSR count). The third-order valence-corrected chi connectivity index (χ3v) is 3.67. The highest BCUT2D eigenvalue weighted by Gasteiger charge is 2.28. The van der Waals surface area contributed by atoms with Crippen LogP contribution in [0.2, 0.25) is 0 Å². The van der Waals surface area contributed by atoms with E-state index in [1.54, 1.807) is 10.9 Å². The van der Waals surface area contributed by atoms with Gasteiger partial charge in [0.2, 0.25) is 11.8 Å². The first-order valence-electron chi connectivity index (χ1n) is 7.52. The van der Waals surface area contributed by atoms with Crippen LogP contribution in [0, 0.1) is 0 Å². The molecule has 0 saturated carbocycles. The Balaban J connectivity index is 1.68. The summed E-state index contributed by atoms with van der Waals surface area (Å²) in [5.74, 6) is -0.732. The number of nitrogens with one attached hydrogen (secondary N) is 2. The maximum atomic E-state index is 12.3. The van der Waals surface area contributed by atoms with Gasteiger partial charge in [0.05, 0.1) is 12.6 Å². The number of rotatable bonds is 6. The van der Waals surface area contributed by atoms with Crippen molar-refractivity contribution in [3.8, 4) is 0 Å². The quantitative estimate of drug-likeness (QED) is 0.746. The maximum absolute atomic E-state index is 12.3. The predicted molar refractivity (Wildman–Crippen MR) is 84.7 cm³/mol. The van der Waals surface area contributed by atoms with E-state index in [1.165, 1.54) is 4.90 Å². The number of benzene rings is 1. The molecule has 24 heavy (non-hydrogen) atoms. The number of hydrogen-bond donors (Lipinski definition) is 2. The van der Waals surface area contributed by atoms with Crippen LogP contribution in [-0.4, -0.2) is 45.6 Å². The van der Waals surface area contributed by atoms with Gasteiger partial charge in [-0.05, 0) is 11.6 Å². The minimum atomic E-state index is -0.543. The van der Waals surface area contributed by atoms with Gasteiger partial charge in [0.15, 0.2) is 0 Å². The second-order valence-electron chi connectivity index (χ2n) is 5.47. The lowest BCUT2D eigenvalue weighted by Crippen LogP contribution is -2.41. The van der Waals surface area contributed by atoms with Gasteiger partial charge in [0.1, 0.15) is 13.1 Å². The number of amides is 4. The zero-order valence-electron chi connectivity index (χ0n) is 12.9. The summed E-state index contributed by atoms with van der Waals surface area (Å²) >= 11 is 0. The summed E-state index contributed by atoms with van der Waals surface area (Å²) in [5, 5.41) is 9.21. The summed E-state index contributed by atoms with van der Waals surface area (Å²) in [4.78, 5) is 36.2. The van der Waals surface area contributed by atoms with Crippen LogP contribution in [0.1, 0.15) is 11.6 Å². The van der Waals surface area contributed by atoms with Crippen LogP contribution in [0.5, 0.6) is 0 Å². The van der Waals surface area contributed by atoms with Gasteiger partial charge in [-0.2, -0.15) is 5.10 Å². The average Bonchev–Trinajstić information content (AvgIpc) is 3.17. The van der Waals surface area contributed by atoms with Crippen molar-refractivity contribution >= 4 is 17.8 Å². The monoisotopic (exact) mass is 327 g/mol. The Hall–Kier alpha value is -3.16. The van der Waals surface area contributed by atoms with E-state index in [4.69, 9.17) is 0 Å². The first-order chi connectivity index (χ1) is 11.6. The van der Waals surface area contributed by atoms with Crippen LogP contribution in [0.25, 0.3) is 0 Å². The summed E-state index contributed by atoms with van der Waals surface area (Å²) in [7, 11) is 0. The molecule has 1 aromatic heterocycles. The van der Waals surface area contributed by atoms with Crippen molar-refractivity contribution < 1.29 is 14.4 Å². The van der Waals surface area contributed by atoms with Gasteiger partial charge >= 0.3 is 6.03 Å². The third kappa shape index (κ3) is 3.78. The fourth-order valence-corrected chi connectivity index (χ4v) is 2.54. The number of imide groups is 1. The van der Waals surface area contributed by atoms with E-state index in [9.17, 15) is 14.4 Å². The smallest absolute Gasteiger partial charge is 0.325 e. The molecule has 0 aliphatic carbocycles. The minimum absolute atomic E-state index is 0.0958. The van der Waals surface area contributed by atoms with Gasteiger partial charge in [0.25, 0.3) is 0 Å². The molecular formula is C16H17N5O3. The lowest BCUT2D eigenvalue weighted by Gasteiger charge is -2.21. The van der Waals surface area contributed by atoms with Crippen molar-refractivity contribution in [2.45, 2.75) is 12.6 Å². The molecule has 0 radical (unpaired) electrons. The molecule has 2 N–H and O–H groups in total. The molecule has 2 heterocycles. The van der Waals surface area contributed by atoms with E-state index >= 15 is 0 Å². The number of nitrogens with zero attached hydrogens (tertiary/aromatic N) is 3. The lowest BCUT2D eigenvalue weighted by atomic mass is 10.1. The Morgan fingerprint density at radius 1 is 1.25 bits per heavy atom. The number of carbonyl (C=O) groups excluding carboxylic acids is 3. The number of aromatic nitrogens is 2. The Bertz CT molecular complexity index is 729. The molecule has 124 valence electrons. The molecule has 4 amide bonds. The Morgan fingerprint density at radius 3 is 2.67 bits per heavy atom. The van der Waals surface area contributed by atoms with Gasteiger partial charge in [-0.15, -0.1) is 0 Å². The second kappa shape index (κ2) is 6.95. The topological polar surface area (TPSA) is 96.3 Å². The molecule has 1 aromatic carbocycles. The molecule has 0 spiro atoms. The van der Waals surface area contributed by atoms with E-state index in [0.29, 0.717) is 6.54 Å². The molecular weight excluding hydrogens is 310 g/mol. The molecule has 1 saturated heterocycles. The van der Waals surface area contributed by atoms with Crippen molar-refractivity contribution in [3.63, 3.8) is 0 Å². The largest absolute Gasteiger partial charge is 0.346 e. The summed E-state index contributed by atoms with van der Waals surface area (Å²) in [6.45, 7) is 0.204. The average molecular weight is 327 g/mol. The molecule has 2 aromatic rings. The molecule has 1 atom stereocenters. The fraction of sp³-hybridized carbons (Fsp3) is 0.250. The SMILES string of the molecule is O=C1CN(CC(=O)NC(Cn2cccn2)c2ccccc2)C(=O)N1. The fourth-order valence-electron chi connectivity index (χ4n) is 2.54. The normalized spacial score (nSPS) is 15.2. The Kier molecular flexibility index (Phi) is 4.55. The highest BCUT2D eigenvalue weighted by Crippen LogP contribution is 2.14. The van der Waals surface area contributed by atoms with Crippen molar-refractivity contribution in [1.82, 2.24) is 25.3 Å². The molecule has 1 fully saturated rings. The van der Waals surface area contributed by atoms with Gasteiger partial charge in [-0.1, -0.05) is 30.3 Å². The lowest BCUT2D eigenvalue weighted by molar-refractivity contribution is -0.122. The summed E-state index contributed by atoms with van der Waals surface area (Å²) in [6.07, 6.45) is 3.48. The van der Waals surface area contributed by atoms with Gasteiger partial charge in [-0.25, -0.2) is 4.79 Å². The van der Waals surface area contributed by atoms with Crippen LogP contribution in [0.3, 0.4) is 0 Å². The summed E-state index contributed by atoms with van der Waals surface area (Å²) in [5.41, 5.74) is 0.934. The number of hydrogen-bond acceptors (Lipinski definition) is 4. The Labute approximate surface area is 138 Å². The van der Waals surface area contributed by atoms with Crippen LogP contribution < -0.4 is 10.6 Å². The highest BCUT2D eigenvalue weighted by atomic mass is 16.2. The number of carbonyl (C=O) groups is 3. The van der Waals surface area contributed by atoms with E-state index in [1.807, 2.05) is 42.6 Å². The van der Waals surface area contributed by atoms with Crippen molar-refractivity contribution in [1.29, 1.82) is 0 Å². The molecule has 0 bridgehead atoms. The molecule has 1 aliphatic heterocycles. The minimum Gasteiger partial charge on any atom is -0.346 e. The van der Waals surface area contributed by atoms with Crippen LogP contribution in [0.4, 0.5) is 4.79 Å². The highest BCUT2D eigenvalue weighted by molar-refractivity contribution is 6.03. The first-order valence-corrected chi connectivity index (χ1v) is 7.52. The van der Waals surface area contributed by atoms with Crippen molar-refractivity contribution in [2.75, 3.05) is 13.1 Å². The van der Waals surface area contributed by atoms with E-state index in [0.717, 1.165) is 5.56 Å². The van der Waals surface area contributed by atoms with Gasteiger partial charge in [-0.3, -0.25) is 19.6 Å². The molecule has 8 nitrogen and oxygen atoms in total. The van der Waals surface area contributed by atoms with Crippen molar-refractivity contribution in [2.24, 2.45) is 0 Å². The Morgan fingerprint density at radius 2 is 2.04 bits per heavy atom. The van der Waals surface area contributed by atoms with E-state index in [-0.39, 0.29) is 25.0 Å². The predicted octanol–water partition coefficient (Wildman–Crippen LogP) is 0.292. The zero-order chi connectivity index (χ0) is 16.9. The van der Waals surface area contributed by atoms with E-state index < -0.39 is 11.9 Å². The second-order valence-corrected chi connectivity index (χ2v) is 5.47. The summed E-state index contributed by atoms with van der Waals surface area (Å²) < 4.78 is 1.73. The standard InChI is InChI=1S/C16H17N5O3/c22-14(10-20-11-15(23)19-16(20)24)18-13(9-21-8-4-7-17-21)12-5-2-1-3-6-12/h1-8,13H,9-11H2,(H,18,22)(H,19,23,24). The molecule has 1 aliphatic rings. The molecule has 8 heteroatoms. The van der Waals surface area contributed by atoms with E-state index in [2.05, 4.69) is 15.7 Å². The van der Waals surface area contributed by atoms with Crippen LogP contribution in [-0.2, 0) is 16.1 Å². The van der Waals surface area contributed by atoms with Crippen molar-refractivity contribution in [3.05, 3.63) is 54.4 Å². The third-order valence-electron chi connectivity index (χ3n) is 3.67. The first kappa shape index (κ1) is 15.7. The van der Waals surface area contributed by atoms with Gasteiger partial charge < -0.3 is 10.2 Å². The maximum Gasteiger partial charge on any atom is 0.325 e. The van der Waals surface area contributed by atoms with Crippen LogP contribution >= 0.6 is 0 Å².